The zero-order chi connectivity index (χ0) is 11.3. The van der Waals surface area contributed by atoms with Gasteiger partial charge in [0, 0.05) is 11.4 Å². The lowest BCUT2D eigenvalue weighted by atomic mass is 9.92. The lowest BCUT2D eigenvalue weighted by Crippen LogP contribution is -2.14. The van der Waals surface area contributed by atoms with E-state index in [-0.39, 0.29) is 0 Å². The van der Waals surface area contributed by atoms with Crippen molar-refractivity contribution in [2.45, 2.75) is 32.1 Å². The first-order chi connectivity index (χ1) is 7.19. The zero-order valence-electron chi connectivity index (χ0n) is 9.37. The van der Waals surface area contributed by atoms with Crippen molar-refractivity contribution in [2.24, 2.45) is 5.73 Å². The normalized spacial score (nSPS) is 12.7. The summed E-state index contributed by atoms with van der Waals surface area (Å²) in [6.45, 7) is 2.83. The average molecular weight is 207 g/mol. The Kier molecular flexibility index (Phi) is 4.43. The summed E-state index contributed by atoms with van der Waals surface area (Å²) in [5.74, 6) is 0.366. The Morgan fingerprint density at radius 1 is 1.27 bits per heavy atom. The van der Waals surface area contributed by atoms with Gasteiger partial charge in [0.2, 0.25) is 0 Å². The number of benzene rings is 1. The molecule has 0 radical (unpaired) electrons. The van der Waals surface area contributed by atoms with E-state index < -0.39 is 0 Å². The van der Waals surface area contributed by atoms with Crippen molar-refractivity contribution in [3.63, 3.8) is 0 Å². The molecular formula is C12H21N3. The minimum atomic E-state index is 0.366. The van der Waals surface area contributed by atoms with E-state index >= 15 is 0 Å². The Hall–Kier alpha value is -1.22. The van der Waals surface area contributed by atoms with Crippen LogP contribution < -0.4 is 17.2 Å². The summed E-state index contributed by atoms with van der Waals surface area (Å²) in [6, 6.07) is 5.70. The van der Waals surface area contributed by atoms with Gasteiger partial charge in [-0.3, -0.25) is 0 Å². The first kappa shape index (κ1) is 11.9. The maximum Gasteiger partial charge on any atom is 0.0370 e. The molecule has 0 aromatic heterocycles. The molecule has 1 unspecified atom stereocenters. The molecule has 15 heavy (non-hydrogen) atoms. The van der Waals surface area contributed by atoms with Crippen LogP contribution in [-0.2, 0) is 0 Å². The second kappa shape index (κ2) is 5.61. The van der Waals surface area contributed by atoms with Crippen LogP contribution in [0.2, 0.25) is 0 Å². The van der Waals surface area contributed by atoms with E-state index in [1.807, 2.05) is 18.2 Å². The van der Waals surface area contributed by atoms with Crippen LogP contribution in [0.25, 0.3) is 0 Å². The molecule has 84 valence electrons. The number of anilines is 2. The Balaban J connectivity index is 2.81. The summed E-state index contributed by atoms with van der Waals surface area (Å²) >= 11 is 0. The molecule has 0 heterocycles. The van der Waals surface area contributed by atoms with Gasteiger partial charge in [-0.2, -0.15) is 0 Å². The highest BCUT2D eigenvalue weighted by Gasteiger charge is 2.12. The molecule has 1 rings (SSSR count). The van der Waals surface area contributed by atoms with Crippen LogP contribution in [0.15, 0.2) is 18.2 Å². The molecule has 0 spiro atoms. The van der Waals surface area contributed by atoms with E-state index in [1.165, 1.54) is 12.8 Å². The van der Waals surface area contributed by atoms with Crippen LogP contribution in [0.4, 0.5) is 11.4 Å². The second-order valence-electron chi connectivity index (χ2n) is 3.96. The predicted octanol–water partition coefficient (Wildman–Crippen LogP) is 2.08. The zero-order valence-corrected chi connectivity index (χ0v) is 9.37. The van der Waals surface area contributed by atoms with E-state index in [0.29, 0.717) is 18.2 Å². The van der Waals surface area contributed by atoms with Crippen molar-refractivity contribution < 1.29 is 0 Å². The number of hydrogen-bond acceptors (Lipinski definition) is 3. The minimum Gasteiger partial charge on any atom is -0.399 e. The average Bonchev–Trinajstić information content (AvgIpc) is 2.21. The van der Waals surface area contributed by atoms with Crippen molar-refractivity contribution in [3.8, 4) is 0 Å². The van der Waals surface area contributed by atoms with Crippen LogP contribution in [0.1, 0.15) is 37.7 Å². The van der Waals surface area contributed by atoms with Crippen molar-refractivity contribution in [1.29, 1.82) is 0 Å². The van der Waals surface area contributed by atoms with Gasteiger partial charge in [-0.1, -0.05) is 25.8 Å². The van der Waals surface area contributed by atoms with Gasteiger partial charge in [0.05, 0.1) is 0 Å². The van der Waals surface area contributed by atoms with Gasteiger partial charge in [-0.15, -0.1) is 0 Å². The van der Waals surface area contributed by atoms with Gasteiger partial charge in [0.1, 0.15) is 0 Å². The van der Waals surface area contributed by atoms with Crippen LogP contribution in [0.5, 0.6) is 0 Å². The highest BCUT2D eigenvalue weighted by atomic mass is 14.6. The van der Waals surface area contributed by atoms with Crippen molar-refractivity contribution in [1.82, 2.24) is 0 Å². The molecule has 0 saturated heterocycles. The van der Waals surface area contributed by atoms with Gasteiger partial charge in [-0.05, 0) is 36.6 Å². The second-order valence-corrected chi connectivity index (χ2v) is 3.96. The lowest BCUT2D eigenvalue weighted by Gasteiger charge is -2.17. The van der Waals surface area contributed by atoms with Gasteiger partial charge < -0.3 is 17.2 Å². The molecule has 3 heteroatoms. The molecule has 1 aromatic carbocycles. The van der Waals surface area contributed by atoms with E-state index in [1.54, 1.807) is 0 Å². The summed E-state index contributed by atoms with van der Waals surface area (Å²) in [7, 11) is 0. The monoisotopic (exact) mass is 207 g/mol. The molecule has 0 saturated carbocycles. The molecule has 0 fully saturated rings. The summed E-state index contributed by atoms with van der Waals surface area (Å²) in [4.78, 5) is 0. The quantitative estimate of drug-likeness (QED) is 0.647. The van der Waals surface area contributed by atoms with Gasteiger partial charge in [0.15, 0.2) is 0 Å². The molecule has 0 aliphatic heterocycles. The number of nitrogen functional groups attached to an aromatic ring is 2. The van der Waals surface area contributed by atoms with E-state index in [0.717, 1.165) is 17.7 Å². The maximum absolute atomic E-state index is 5.93. The number of hydrogen-bond donors (Lipinski definition) is 3. The Morgan fingerprint density at radius 3 is 2.53 bits per heavy atom. The Bertz CT molecular complexity index is 310. The predicted molar refractivity (Wildman–Crippen MR) is 66.6 cm³/mol. The largest absolute Gasteiger partial charge is 0.399 e. The van der Waals surface area contributed by atoms with Crippen LogP contribution in [0.3, 0.4) is 0 Å². The fourth-order valence-electron chi connectivity index (χ4n) is 1.82. The SMILES string of the molecule is CCCCC(CN)c1ccc(N)cc1N. The highest BCUT2D eigenvalue weighted by molar-refractivity contribution is 5.57. The first-order valence-corrected chi connectivity index (χ1v) is 5.54. The summed E-state index contributed by atoms with van der Waals surface area (Å²) in [6.07, 6.45) is 3.47. The molecule has 3 nitrogen and oxygen atoms in total. The molecule has 6 N–H and O–H groups in total. The van der Waals surface area contributed by atoms with Crippen molar-refractivity contribution in [3.05, 3.63) is 23.8 Å². The van der Waals surface area contributed by atoms with Crippen LogP contribution in [-0.4, -0.2) is 6.54 Å². The van der Waals surface area contributed by atoms with Gasteiger partial charge in [0.25, 0.3) is 0 Å². The van der Waals surface area contributed by atoms with Crippen molar-refractivity contribution >= 4 is 11.4 Å². The molecule has 0 aliphatic carbocycles. The first-order valence-electron chi connectivity index (χ1n) is 5.54. The smallest absolute Gasteiger partial charge is 0.0370 e. The Labute approximate surface area is 91.6 Å². The fourth-order valence-corrected chi connectivity index (χ4v) is 1.82. The third kappa shape index (κ3) is 3.13. The molecule has 0 amide bonds. The number of unbranched alkanes of at least 4 members (excludes halogenated alkanes) is 1. The highest BCUT2D eigenvalue weighted by Crippen LogP contribution is 2.27. The molecule has 0 aliphatic rings. The molecule has 0 bridgehead atoms. The van der Waals surface area contributed by atoms with Crippen LogP contribution in [0, 0.1) is 0 Å². The third-order valence-corrected chi connectivity index (χ3v) is 2.74. The number of rotatable bonds is 5. The molecule has 1 aromatic rings. The third-order valence-electron chi connectivity index (χ3n) is 2.74. The van der Waals surface area contributed by atoms with Crippen molar-refractivity contribution in [2.75, 3.05) is 18.0 Å². The standard InChI is InChI=1S/C12H21N3/c1-2-3-4-9(8-13)11-6-5-10(14)7-12(11)15/h5-7,9H,2-4,8,13-15H2,1H3. The summed E-state index contributed by atoms with van der Waals surface area (Å²) in [5.41, 5.74) is 20.0. The van der Waals surface area contributed by atoms with Crippen LogP contribution >= 0.6 is 0 Å². The minimum absolute atomic E-state index is 0.366. The van der Waals surface area contributed by atoms with E-state index in [4.69, 9.17) is 17.2 Å². The summed E-state index contributed by atoms with van der Waals surface area (Å²) in [5, 5.41) is 0. The summed E-state index contributed by atoms with van der Waals surface area (Å²) < 4.78 is 0. The van der Waals surface area contributed by atoms with Gasteiger partial charge >= 0.3 is 0 Å². The topological polar surface area (TPSA) is 78.1 Å². The van der Waals surface area contributed by atoms with E-state index in [2.05, 4.69) is 6.92 Å². The van der Waals surface area contributed by atoms with Gasteiger partial charge in [-0.25, -0.2) is 0 Å². The number of nitrogens with two attached hydrogens (primary N) is 3. The molecular weight excluding hydrogens is 186 g/mol. The van der Waals surface area contributed by atoms with E-state index in [9.17, 15) is 0 Å². The maximum atomic E-state index is 5.93. The Morgan fingerprint density at radius 2 is 2.00 bits per heavy atom. The fraction of sp³-hybridized carbons (Fsp3) is 0.500. The molecule has 1 atom stereocenters. The lowest BCUT2D eigenvalue weighted by molar-refractivity contribution is 0.593.